The van der Waals surface area contributed by atoms with Crippen LogP contribution in [-0.2, 0) is 16.0 Å². The van der Waals surface area contributed by atoms with Crippen LogP contribution in [0.5, 0.6) is 5.88 Å². The number of pyridine rings is 1. The van der Waals surface area contributed by atoms with Crippen LogP contribution in [0.3, 0.4) is 0 Å². The first-order valence-corrected chi connectivity index (χ1v) is 6.43. The van der Waals surface area contributed by atoms with Crippen LogP contribution in [0.15, 0.2) is 18.3 Å². The fourth-order valence-corrected chi connectivity index (χ4v) is 1.63. The van der Waals surface area contributed by atoms with E-state index in [0.29, 0.717) is 11.4 Å². The molecule has 0 saturated heterocycles. The molecule has 0 aliphatic carbocycles. The second-order valence-corrected chi connectivity index (χ2v) is 5.41. The number of amides is 1. The van der Waals surface area contributed by atoms with Gasteiger partial charge in [-0.1, -0.05) is 6.07 Å². The summed E-state index contributed by atoms with van der Waals surface area (Å²) in [7, 11) is 1.45. The number of ether oxygens (including phenoxy) is 2. The van der Waals surface area contributed by atoms with Gasteiger partial charge in [-0.25, -0.2) is 14.6 Å². The SMILES string of the molecule is COc1ncccc1CC(NC(=O)OC(C)(C)C)C(=O)O. The summed E-state index contributed by atoms with van der Waals surface area (Å²) in [5.41, 5.74) is -0.109. The highest BCUT2D eigenvalue weighted by molar-refractivity contribution is 5.80. The third-order valence-corrected chi connectivity index (χ3v) is 2.46. The average molecular weight is 296 g/mol. The van der Waals surface area contributed by atoms with Crippen molar-refractivity contribution < 1.29 is 24.2 Å². The Balaban J connectivity index is 2.79. The van der Waals surface area contributed by atoms with E-state index in [4.69, 9.17) is 9.47 Å². The van der Waals surface area contributed by atoms with E-state index < -0.39 is 23.7 Å². The summed E-state index contributed by atoms with van der Waals surface area (Å²) in [4.78, 5) is 26.9. The molecule has 7 nitrogen and oxygen atoms in total. The molecule has 1 rings (SSSR count). The molecule has 0 aliphatic heterocycles. The maximum Gasteiger partial charge on any atom is 0.408 e. The number of hydrogen-bond acceptors (Lipinski definition) is 5. The number of carboxylic acids is 1. The van der Waals surface area contributed by atoms with Crippen LogP contribution in [0.2, 0.25) is 0 Å². The molecule has 1 unspecified atom stereocenters. The average Bonchev–Trinajstić information content (AvgIpc) is 2.36. The highest BCUT2D eigenvalue weighted by Crippen LogP contribution is 2.16. The quantitative estimate of drug-likeness (QED) is 0.856. The third kappa shape index (κ3) is 5.68. The van der Waals surface area contributed by atoms with Gasteiger partial charge >= 0.3 is 12.1 Å². The van der Waals surface area contributed by atoms with Crippen molar-refractivity contribution in [3.63, 3.8) is 0 Å². The first-order valence-electron chi connectivity index (χ1n) is 6.43. The summed E-state index contributed by atoms with van der Waals surface area (Å²) in [6.07, 6.45) is 0.808. The van der Waals surface area contributed by atoms with Crippen molar-refractivity contribution in [3.8, 4) is 5.88 Å². The number of methoxy groups -OCH3 is 1. The van der Waals surface area contributed by atoms with Gasteiger partial charge in [-0.2, -0.15) is 0 Å². The van der Waals surface area contributed by atoms with Crippen LogP contribution >= 0.6 is 0 Å². The molecule has 0 spiro atoms. The minimum Gasteiger partial charge on any atom is -0.481 e. The number of carboxylic acid groups (broad SMARTS) is 1. The molecule has 1 atom stereocenters. The minimum atomic E-state index is -1.16. The minimum absolute atomic E-state index is 0.0472. The van der Waals surface area contributed by atoms with E-state index in [1.807, 2.05) is 0 Å². The lowest BCUT2D eigenvalue weighted by Gasteiger charge is -2.22. The maximum atomic E-state index is 11.7. The van der Waals surface area contributed by atoms with Crippen molar-refractivity contribution in [2.45, 2.75) is 38.8 Å². The molecule has 0 fully saturated rings. The number of carbonyl (C=O) groups excluding carboxylic acids is 1. The van der Waals surface area contributed by atoms with Gasteiger partial charge in [-0.15, -0.1) is 0 Å². The summed E-state index contributed by atoms with van der Waals surface area (Å²) in [6, 6.07) is 2.24. The van der Waals surface area contributed by atoms with Gasteiger partial charge < -0.3 is 19.9 Å². The van der Waals surface area contributed by atoms with Gasteiger partial charge in [0.2, 0.25) is 5.88 Å². The van der Waals surface area contributed by atoms with Crippen molar-refractivity contribution in [2.75, 3.05) is 7.11 Å². The van der Waals surface area contributed by atoms with Crippen LogP contribution < -0.4 is 10.1 Å². The molecule has 7 heteroatoms. The predicted molar refractivity (Wildman–Crippen MR) is 75.3 cm³/mol. The number of aliphatic carboxylic acids is 1. The zero-order chi connectivity index (χ0) is 16.0. The highest BCUT2D eigenvalue weighted by Gasteiger charge is 2.25. The van der Waals surface area contributed by atoms with E-state index in [0.717, 1.165) is 0 Å². The Labute approximate surface area is 123 Å². The van der Waals surface area contributed by atoms with E-state index in [1.54, 1.807) is 39.1 Å². The van der Waals surface area contributed by atoms with Crippen molar-refractivity contribution in [3.05, 3.63) is 23.9 Å². The third-order valence-electron chi connectivity index (χ3n) is 2.46. The van der Waals surface area contributed by atoms with E-state index in [-0.39, 0.29) is 6.42 Å². The Bertz CT molecular complexity index is 510. The molecule has 1 aromatic heterocycles. The van der Waals surface area contributed by atoms with Crippen LogP contribution in [0.4, 0.5) is 4.79 Å². The van der Waals surface area contributed by atoms with E-state index in [9.17, 15) is 14.7 Å². The number of carbonyl (C=O) groups is 2. The Morgan fingerprint density at radius 3 is 2.62 bits per heavy atom. The maximum absolute atomic E-state index is 11.7. The Hall–Kier alpha value is -2.31. The molecular formula is C14H20N2O5. The van der Waals surface area contributed by atoms with Crippen LogP contribution in [0.1, 0.15) is 26.3 Å². The summed E-state index contributed by atoms with van der Waals surface area (Å²) in [6.45, 7) is 5.10. The van der Waals surface area contributed by atoms with Crippen molar-refractivity contribution in [1.29, 1.82) is 0 Å². The number of nitrogens with one attached hydrogen (secondary N) is 1. The number of rotatable bonds is 5. The fourth-order valence-electron chi connectivity index (χ4n) is 1.63. The normalized spacial score (nSPS) is 12.4. The molecule has 0 radical (unpaired) electrons. The molecule has 0 bridgehead atoms. The van der Waals surface area contributed by atoms with Crippen molar-refractivity contribution in [1.82, 2.24) is 10.3 Å². The van der Waals surface area contributed by atoms with E-state index in [2.05, 4.69) is 10.3 Å². The zero-order valence-corrected chi connectivity index (χ0v) is 12.5. The topological polar surface area (TPSA) is 97.8 Å². The molecule has 0 aliphatic rings. The molecule has 1 amide bonds. The molecule has 116 valence electrons. The standard InChI is InChI=1S/C14H20N2O5/c1-14(2,3)21-13(19)16-10(12(17)18)8-9-6-5-7-15-11(9)20-4/h5-7,10H,8H2,1-4H3,(H,16,19)(H,17,18). The second kappa shape index (κ2) is 6.92. The smallest absolute Gasteiger partial charge is 0.408 e. The molecule has 0 saturated carbocycles. The lowest BCUT2D eigenvalue weighted by atomic mass is 10.1. The van der Waals surface area contributed by atoms with E-state index in [1.165, 1.54) is 7.11 Å². The fraction of sp³-hybridized carbons (Fsp3) is 0.500. The van der Waals surface area contributed by atoms with Crippen LogP contribution in [0, 0.1) is 0 Å². The van der Waals surface area contributed by atoms with Gasteiger partial charge in [0.25, 0.3) is 0 Å². The Morgan fingerprint density at radius 2 is 2.10 bits per heavy atom. The number of nitrogens with zero attached hydrogens (tertiary/aromatic N) is 1. The van der Waals surface area contributed by atoms with Crippen LogP contribution in [-0.4, -0.2) is 40.9 Å². The largest absolute Gasteiger partial charge is 0.481 e. The molecule has 0 aromatic carbocycles. The molecular weight excluding hydrogens is 276 g/mol. The van der Waals surface area contributed by atoms with Gasteiger partial charge in [0.05, 0.1) is 7.11 Å². The Morgan fingerprint density at radius 1 is 1.43 bits per heavy atom. The zero-order valence-electron chi connectivity index (χ0n) is 12.5. The lowest BCUT2D eigenvalue weighted by molar-refractivity contribution is -0.139. The Kier molecular flexibility index (Phi) is 5.52. The van der Waals surface area contributed by atoms with Crippen LogP contribution in [0.25, 0.3) is 0 Å². The predicted octanol–water partition coefficient (Wildman–Crippen LogP) is 1.61. The summed E-state index contributed by atoms with van der Waals surface area (Å²) in [5, 5.41) is 11.5. The molecule has 1 aromatic rings. The lowest BCUT2D eigenvalue weighted by Crippen LogP contribution is -2.44. The highest BCUT2D eigenvalue weighted by atomic mass is 16.6. The van der Waals surface area contributed by atoms with Gasteiger partial charge in [-0.3, -0.25) is 0 Å². The van der Waals surface area contributed by atoms with Crippen molar-refractivity contribution in [2.24, 2.45) is 0 Å². The molecule has 21 heavy (non-hydrogen) atoms. The summed E-state index contributed by atoms with van der Waals surface area (Å²) in [5.74, 6) is -0.832. The summed E-state index contributed by atoms with van der Waals surface area (Å²) < 4.78 is 10.1. The van der Waals surface area contributed by atoms with Gasteiger partial charge in [-0.05, 0) is 26.8 Å². The molecule has 1 heterocycles. The molecule has 2 N–H and O–H groups in total. The number of alkyl carbamates (subject to hydrolysis) is 1. The monoisotopic (exact) mass is 296 g/mol. The number of aromatic nitrogens is 1. The number of hydrogen-bond donors (Lipinski definition) is 2. The van der Waals surface area contributed by atoms with Crippen molar-refractivity contribution >= 4 is 12.1 Å². The van der Waals surface area contributed by atoms with Gasteiger partial charge in [0.15, 0.2) is 0 Å². The van der Waals surface area contributed by atoms with Gasteiger partial charge in [0.1, 0.15) is 11.6 Å². The second-order valence-electron chi connectivity index (χ2n) is 5.41. The van der Waals surface area contributed by atoms with Gasteiger partial charge in [0, 0.05) is 18.2 Å². The first-order chi connectivity index (χ1) is 9.73. The van der Waals surface area contributed by atoms with E-state index >= 15 is 0 Å². The first kappa shape index (κ1) is 16.7. The summed E-state index contributed by atoms with van der Waals surface area (Å²) >= 11 is 0.